The number of carbonyl (C=O) groups is 1. The lowest BCUT2D eigenvalue weighted by atomic mass is 10.1. The van der Waals surface area contributed by atoms with Crippen molar-refractivity contribution in [2.75, 3.05) is 20.7 Å². The SMILES string of the molecule is COc1ccc(CN(C)C(=O)C2CC(F)(F)CN2)cc1OC(F)F.Cl. The maximum atomic E-state index is 13.2. The van der Waals surface area contributed by atoms with E-state index in [9.17, 15) is 22.4 Å². The molecule has 1 aliphatic heterocycles. The monoisotopic (exact) mass is 386 g/mol. The van der Waals surface area contributed by atoms with E-state index in [4.69, 9.17) is 4.74 Å². The Hall–Kier alpha value is -1.74. The van der Waals surface area contributed by atoms with Crippen LogP contribution >= 0.6 is 12.4 Å². The van der Waals surface area contributed by atoms with Crippen LogP contribution in [0.4, 0.5) is 17.6 Å². The second-order valence-electron chi connectivity index (χ2n) is 5.55. The topological polar surface area (TPSA) is 50.8 Å². The molecule has 0 aromatic heterocycles. The fraction of sp³-hybridized carbons (Fsp3) is 0.533. The molecule has 2 rings (SSSR count). The van der Waals surface area contributed by atoms with Gasteiger partial charge in [-0.1, -0.05) is 6.07 Å². The van der Waals surface area contributed by atoms with E-state index in [0.717, 1.165) is 0 Å². The molecule has 1 amide bonds. The number of halogens is 5. The first-order valence-electron chi connectivity index (χ1n) is 7.20. The number of hydrogen-bond acceptors (Lipinski definition) is 4. The minimum atomic E-state index is -3.02. The second-order valence-corrected chi connectivity index (χ2v) is 5.55. The molecule has 0 aliphatic carbocycles. The van der Waals surface area contributed by atoms with Gasteiger partial charge in [-0.25, -0.2) is 8.78 Å². The number of nitrogens with zero attached hydrogens (tertiary/aromatic N) is 1. The van der Waals surface area contributed by atoms with Crippen molar-refractivity contribution >= 4 is 18.3 Å². The molecule has 5 nitrogen and oxygen atoms in total. The van der Waals surface area contributed by atoms with E-state index in [1.54, 1.807) is 6.07 Å². The van der Waals surface area contributed by atoms with Crippen molar-refractivity contribution in [3.05, 3.63) is 23.8 Å². The van der Waals surface area contributed by atoms with Crippen LogP contribution in [0.1, 0.15) is 12.0 Å². The van der Waals surface area contributed by atoms with Gasteiger partial charge in [0, 0.05) is 20.0 Å². The molecule has 1 atom stereocenters. The van der Waals surface area contributed by atoms with E-state index in [0.29, 0.717) is 5.56 Å². The molecule has 1 N–H and O–H groups in total. The van der Waals surface area contributed by atoms with E-state index < -0.39 is 37.4 Å². The van der Waals surface area contributed by atoms with E-state index in [1.165, 1.54) is 31.2 Å². The van der Waals surface area contributed by atoms with Gasteiger partial charge in [-0.3, -0.25) is 10.1 Å². The van der Waals surface area contributed by atoms with E-state index in [1.807, 2.05) is 0 Å². The Labute approximate surface area is 148 Å². The number of hydrogen-bond donors (Lipinski definition) is 1. The third kappa shape index (κ3) is 5.64. The lowest BCUT2D eigenvalue weighted by Crippen LogP contribution is -2.41. The third-order valence-corrected chi connectivity index (χ3v) is 3.65. The highest BCUT2D eigenvalue weighted by Gasteiger charge is 2.43. The van der Waals surface area contributed by atoms with Gasteiger partial charge in [-0.2, -0.15) is 8.78 Å². The molecule has 1 aliphatic rings. The number of rotatable bonds is 6. The van der Waals surface area contributed by atoms with Crippen molar-refractivity contribution in [1.29, 1.82) is 0 Å². The maximum absolute atomic E-state index is 13.2. The minimum Gasteiger partial charge on any atom is -0.493 e. The number of ether oxygens (including phenoxy) is 2. The van der Waals surface area contributed by atoms with Crippen molar-refractivity contribution < 1.29 is 31.8 Å². The molecule has 1 fully saturated rings. The zero-order valence-corrected chi connectivity index (χ0v) is 14.4. The molecule has 142 valence electrons. The number of methoxy groups -OCH3 is 1. The van der Waals surface area contributed by atoms with Gasteiger partial charge in [0.2, 0.25) is 5.91 Å². The number of nitrogens with one attached hydrogen (secondary N) is 1. The van der Waals surface area contributed by atoms with Crippen LogP contribution in [0.3, 0.4) is 0 Å². The number of carbonyl (C=O) groups excluding carboxylic acids is 1. The summed E-state index contributed by atoms with van der Waals surface area (Å²) >= 11 is 0. The molecule has 0 saturated carbocycles. The largest absolute Gasteiger partial charge is 0.493 e. The van der Waals surface area contributed by atoms with E-state index in [-0.39, 0.29) is 30.5 Å². The van der Waals surface area contributed by atoms with Crippen molar-refractivity contribution in [3.8, 4) is 11.5 Å². The Morgan fingerprint density at radius 3 is 2.60 bits per heavy atom. The summed E-state index contributed by atoms with van der Waals surface area (Å²) in [6.45, 7) is -3.49. The molecular formula is C15H19ClF4N2O3. The minimum absolute atomic E-state index is 0. The Morgan fingerprint density at radius 2 is 2.08 bits per heavy atom. The summed E-state index contributed by atoms with van der Waals surface area (Å²) in [5, 5.41) is 2.48. The Kier molecular flexibility index (Phi) is 7.30. The number of likely N-dealkylation sites (N-methyl/N-ethyl adjacent to an activating group) is 1. The molecule has 0 spiro atoms. The molecule has 1 aromatic rings. The Bertz CT molecular complexity index is 604. The highest BCUT2D eigenvalue weighted by molar-refractivity contribution is 5.85. The molecule has 25 heavy (non-hydrogen) atoms. The first-order valence-corrected chi connectivity index (χ1v) is 7.20. The lowest BCUT2D eigenvalue weighted by Gasteiger charge is -2.21. The van der Waals surface area contributed by atoms with Crippen molar-refractivity contribution in [3.63, 3.8) is 0 Å². The van der Waals surface area contributed by atoms with Gasteiger partial charge in [0.1, 0.15) is 0 Å². The molecular weight excluding hydrogens is 368 g/mol. The summed E-state index contributed by atoms with van der Waals surface area (Å²) in [5.74, 6) is -3.42. The van der Waals surface area contributed by atoms with Crippen LogP contribution in [0.25, 0.3) is 0 Å². The first-order chi connectivity index (χ1) is 11.2. The number of amides is 1. The summed E-state index contributed by atoms with van der Waals surface area (Å²) in [6, 6.07) is 3.39. The van der Waals surface area contributed by atoms with Crippen LogP contribution in [-0.4, -0.2) is 50.1 Å². The van der Waals surface area contributed by atoms with Crippen molar-refractivity contribution in [1.82, 2.24) is 10.2 Å². The normalized spacial score (nSPS) is 18.6. The summed E-state index contributed by atoms with van der Waals surface area (Å²) in [4.78, 5) is 13.4. The number of benzene rings is 1. The highest BCUT2D eigenvalue weighted by atomic mass is 35.5. The average Bonchev–Trinajstić information content (AvgIpc) is 2.86. The zero-order valence-electron chi connectivity index (χ0n) is 13.6. The highest BCUT2D eigenvalue weighted by Crippen LogP contribution is 2.30. The molecule has 1 heterocycles. The zero-order chi connectivity index (χ0) is 17.9. The van der Waals surface area contributed by atoms with E-state index in [2.05, 4.69) is 10.1 Å². The van der Waals surface area contributed by atoms with Gasteiger partial charge in [-0.05, 0) is 17.7 Å². The fourth-order valence-electron chi connectivity index (χ4n) is 2.52. The van der Waals surface area contributed by atoms with Gasteiger partial charge in [0.25, 0.3) is 5.92 Å². The van der Waals surface area contributed by atoms with Gasteiger partial charge < -0.3 is 14.4 Å². The second kappa shape index (κ2) is 8.57. The van der Waals surface area contributed by atoms with Gasteiger partial charge >= 0.3 is 6.61 Å². The fourth-order valence-corrected chi connectivity index (χ4v) is 2.52. The Morgan fingerprint density at radius 1 is 1.40 bits per heavy atom. The lowest BCUT2D eigenvalue weighted by molar-refractivity contribution is -0.132. The van der Waals surface area contributed by atoms with Gasteiger partial charge in [-0.15, -0.1) is 12.4 Å². The quantitative estimate of drug-likeness (QED) is 0.764. The first kappa shape index (κ1) is 21.3. The van der Waals surface area contributed by atoms with Gasteiger partial charge in [0.15, 0.2) is 11.5 Å². The maximum Gasteiger partial charge on any atom is 0.387 e. The molecule has 1 aromatic carbocycles. The Balaban J connectivity index is 0.00000312. The molecule has 1 unspecified atom stereocenters. The number of alkyl halides is 4. The molecule has 0 bridgehead atoms. The summed E-state index contributed by atoms with van der Waals surface area (Å²) in [7, 11) is 2.77. The predicted octanol–water partition coefficient (Wildman–Crippen LogP) is 2.67. The summed E-state index contributed by atoms with van der Waals surface area (Å²) in [6.07, 6.45) is -0.557. The van der Waals surface area contributed by atoms with Crippen LogP contribution in [0.2, 0.25) is 0 Å². The van der Waals surface area contributed by atoms with Crippen LogP contribution in [0, 0.1) is 0 Å². The van der Waals surface area contributed by atoms with Gasteiger partial charge in [0.05, 0.1) is 19.7 Å². The standard InChI is InChI=1S/C15H18F4N2O3.ClH/c1-21(13(22)10-6-15(18,19)8-20-10)7-9-3-4-11(23-2)12(5-9)24-14(16)17;/h3-5,10,14,20H,6-8H2,1-2H3;1H. The summed E-state index contributed by atoms with van der Waals surface area (Å²) in [5.41, 5.74) is 0.507. The molecule has 0 radical (unpaired) electrons. The van der Waals surface area contributed by atoms with E-state index >= 15 is 0 Å². The average molecular weight is 387 g/mol. The predicted molar refractivity (Wildman–Crippen MR) is 84.7 cm³/mol. The van der Waals surface area contributed by atoms with Crippen molar-refractivity contribution in [2.24, 2.45) is 0 Å². The van der Waals surface area contributed by atoms with Crippen LogP contribution < -0.4 is 14.8 Å². The van der Waals surface area contributed by atoms with Crippen molar-refractivity contribution in [2.45, 2.75) is 31.5 Å². The summed E-state index contributed by atoms with van der Waals surface area (Å²) < 4.78 is 60.5. The van der Waals surface area contributed by atoms with Crippen LogP contribution in [0.5, 0.6) is 11.5 Å². The van der Waals surface area contributed by atoms with Crippen LogP contribution in [-0.2, 0) is 11.3 Å². The third-order valence-electron chi connectivity index (χ3n) is 3.65. The smallest absolute Gasteiger partial charge is 0.387 e. The van der Waals surface area contributed by atoms with Crippen LogP contribution in [0.15, 0.2) is 18.2 Å². The molecule has 10 heteroatoms. The molecule has 1 saturated heterocycles.